The van der Waals surface area contributed by atoms with Crippen molar-refractivity contribution in [2.75, 3.05) is 25.0 Å². The summed E-state index contributed by atoms with van der Waals surface area (Å²) in [6.07, 6.45) is 3.39. The second-order valence-corrected chi connectivity index (χ2v) is 8.20. The number of fused-ring (bicyclic) bond motifs is 1. The van der Waals surface area contributed by atoms with Crippen molar-refractivity contribution in [2.24, 2.45) is 0 Å². The molecule has 5 heteroatoms. The number of hydrogen-bond donors (Lipinski definition) is 1. The zero-order valence-electron chi connectivity index (χ0n) is 15.9. The summed E-state index contributed by atoms with van der Waals surface area (Å²) in [7, 11) is 0. The molecule has 0 saturated carbocycles. The van der Waals surface area contributed by atoms with Crippen LogP contribution in [0.1, 0.15) is 35.6 Å². The van der Waals surface area contributed by atoms with Gasteiger partial charge < -0.3 is 5.32 Å². The number of hydrogen-bond acceptors (Lipinski definition) is 3. The van der Waals surface area contributed by atoms with E-state index in [-0.39, 0.29) is 0 Å². The Balaban J connectivity index is 1.35. The number of nitrogens with one attached hydrogen (secondary N) is 1. The molecule has 1 saturated heterocycles. The van der Waals surface area contributed by atoms with Crippen LogP contribution in [0.25, 0.3) is 5.69 Å². The monoisotopic (exact) mass is 392 g/mol. The summed E-state index contributed by atoms with van der Waals surface area (Å²) >= 11 is 6.46. The van der Waals surface area contributed by atoms with E-state index in [2.05, 4.69) is 40.5 Å². The predicted octanol–water partition coefficient (Wildman–Crippen LogP) is 4.87. The molecule has 0 bridgehead atoms. The number of piperidine rings is 1. The number of para-hydroxylation sites is 1. The second kappa shape index (κ2) is 7.61. The zero-order chi connectivity index (χ0) is 18.9. The lowest BCUT2D eigenvalue weighted by Gasteiger charge is -2.31. The van der Waals surface area contributed by atoms with Crippen LogP contribution in [0.5, 0.6) is 0 Å². The molecule has 144 valence electrons. The van der Waals surface area contributed by atoms with Gasteiger partial charge in [-0.25, -0.2) is 4.68 Å². The molecule has 0 atom stereocenters. The van der Waals surface area contributed by atoms with E-state index in [1.54, 1.807) is 0 Å². The van der Waals surface area contributed by atoms with Crippen LogP contribution in [0.4, 0.5) is 5.82 Å². The highest BCUT2D eigenvalue weighted by Crippen LogP contribution is 2.38. The van der Waals surface area contributed by atoms with E-state index >= 15 is 0 Å². The van der Waals surface area contributed by atoms with Gasteiger partial charge in [0, 0.05) is 24.6 Å². The molecular formula is C23H25ClN4. The van der Waals surface area contributed by atoms with Crippen molar-refractivity contribution in [3.63, 3.8) is 0 Å². The maximum absolute atomic E-state index is 6.46. The van der Waals surface area contributed by atoms with Gasteiger partial charge in [0.1, 0.15) is 5.82 Å². The van der Waals surface area contributed by atoms with Crippen molar-refractivity contribution >= 4 is 17.4 Å². The van der Waals surface area contributed by atoms with Crippen molar-refractivity contribution in [2.45, 2.75) is 31.7 Å². The van der Waals surface area contributed by atoms with Crippen LogP contribution >= 0.6 is 11.6 Å². The summed E-state index contributed by atoms with van der Waals surface area (Å²) in [5.41, 5.74) is 5.03. The number of benzene rings is 2. The van der Waals surface area contributed by atoms with Gasteiger partial charge in [0.2, 0.25) is 0 Å². The maximum atomic E-state index is 6.46. The molecule has 5 rings (SSSR count). The van der Waals surface area contributed by atoms with Crippen LogP contribution < -0.4 is 5.32 Å². The lowest BCUT2D eigenvalue weighted by molar-refractivity contribution is 0.203. The molecule has 28 heavy (non-hydrogen) atoms. The Bertz CT molecular complexity index is 958. The van der Waals surface area contributed by atoms with Crippen molar-refractivity contribution in [3.8, 4) is 5.69 Å². The SMILES string of the molecule is Clc1ccccc1-n1nc(C2CCN(Cc3ccccc3)CC2)c2c1NCC2. The molecule has 1 aromatic heterocycles. The van der Waals surface area contributed by atoms with Crippen LogP contribution in [-0.2, 0) is 13.0 Å². The molecule has 1 N–H and O–H groups in total. The van der Waals surface area contributed by atoms with E-state index in [1.807, 2.05) is 28.9 Å². The number of nitrogens with zero attached hydrogens (tertiary/aromatic N) is 3. The van der Waals surface area contributed by atoms with Crippen molar-refractivity contribution in [1.29, 1.82) is 0 Å². The topological polar surface area (TPSA) is 33.1 Å². The third-order valence-electron chi connectivity index (χ3n) is 5.99. The molecule has 2 aliphatic rings. The largest absolute Gasteiger partial charge is 0.369 e. The fraction of sp³-hybridized carbons (Fsp3) is 0.348. The molecule has 0 aliphatic carbocycles. The molecule has 0 unspecified atom stereocenters. The highest BCUT2D eigenvalue weighted by Gasteiger charge is 2.30. The average molecular weight is 393 g/mol. The second-order valence-electron chi connectivity index (χ2n) is 7.79. The van der Waals surface area contributed by atoms with Crippen LogP contribution in [0.2, 0.25) is 5.02 Å². The normalized spacial score (nSPS) is 17.5. The summed E-state index contributed by atoms with van der Waals surface area (Å²) in [4.78, 5) is 2.56. The summed E-state index contributed by atoms with van der Waals surface area (Å²) in [5.74, 6) is 1.67. The molecule has 0 radical (unpaired) electrons. The molecule has 3 aromatic rings. The Labute approximate surface area is 171 Å². The number of halogens is 1. The molecule has 1 fully saturated rings. The Morgan fingerprint density at radius 2 is 1.75 bits per heavy atom. The van der Waals surface area contributed by atoms with Crippen LogP contribution in [0.3, 0.4) is 0 Å². The fourth-order valence-electron chi connectivity index (χ4n) is 4.53. The highest BCUT2D eigenvalue weighted by atomic mass is 35.5. The van der Waals surface area contributed by atoms with Gasteiger partial charge in [0.15, 0.2) is 0 Å². The van der Waals surface area contributed by atoms with E-state index in [1.165, 1.54) is 29.7 Å². The van der Waals surface area contributed by atoms with E-state index < -0.39 is 0 Å². The summed E-state index contributed by atoms with van der Waals surface area (Å²) < 4.78 is 2.02. The van der Waals surface area contributed by atoms with Crippen LogP contribution in [0, 0.1) is 0 Å². The third-order valence-corrected chi connectivity index (χ3v) is 6.31. The van der Waals surface area contributed by atoms with Crippen LogP contribution in [-0.4, -0.2) is 34.3 Å². The first-order valence-electron chi connectivity index (χ1n) is 10.2. The van der Waals surface area contributed by atoms with Crippen LogP contribution in [0.15, 0.2) is 54.6 Å². The molecule has 2 aliphatic heterocycles. The minimum absolute atomic E-state index is 0.532. The first-order valence-corrected chi connectivity index (χ1v) is 10.5. The van der Waals surface area contributed by atoms with Crippen molar-refractivity contribution < 1.29 is 0 Å². The van der Waals surface area contributed by atoms with E-state index in [0.29, 0.717) is 5.92 Å². The first kappa shape index (κ1) is 17.8. The summed E-state index contributed by atoms with van der Waals surface area (Å²) in [6, 6.07) is 18.7. The third kappa shape index (κ3) is 3.31. The Kier molecular flexibility index (Phi) is 4.83. The van der Waals surface area contributed by atoms with Gasteiger partial charge in [-0.3, -0.25) is 4.90 Å². The van der Waals surface area contributed by atoms with Gasteiger partial charge >= 0.3 is 0 Å². The van der Waals surface area contributed by atoms with Gasteiger partial charge in [-0.2, -0.15) is 5.10 Å². The number of anilines is 1. The highest BCUT2D eigenvalue weighted by molar-refractivity contribution is 6.32. The quantitative estimate of drug-likeness (QED) is 0.687. The average Bonchev–Trinajstić information content (AvgIpc) is 3.33. The number of aromatic nitrogens is 2. The van der Waals surface area contributed by atoms with Gasteiger partial charge in [-0.15, -0.1) is 0 Å². The lowest BCUT2D eigenvalue weighted by atomic mass is 9.90. The fourth-order valence-corrected chi connectivity index (χ4v) is 4.75. The first-order chi connectivity index (χ1) is 13.8. The van der Waals surface area contributed by atoms with E-state index in [9.17, 15) is 0 Å². The van der Waals surface area contributed by atoms with Crippen molar-refractivity contribution in [1.82, 2.24) is 14.7 Å². The molecule has 3 heterocycles. The number of likely N-dealkylation sites (tertiary alicyclic amines) is 1. The molecular weight excluding hydrogens is 368 g/mol. The molecule has 2 aromatic carbocycles. The lowest BCUT2D eigenvalue weighted by Crippen LogP contribution is -2.32. The smallest absolute Gasteiger partial charge is 0.133 e. The Hall–Kier alpha value is -2.30. The van der Waals surface area contributed by atoms with E-state index in [0.717, 1.165) is 49.1 Å². The maximum Gasteiger partial charge on any atom is 0.133 e. The summed E-state index contributed by atoms with van der Waals surface area (Å²) in [6.45, 7) is 4.28. The van der Waals surface area contributed by atoms with Gasteiger partial charge in [-0.1, -0.05) is 54.1 Å². The number of rotatable bonds is 4. The van der Waals surface area contributed by atoms with E-state index in [4.69, 9.17) is 16.7 Å². The van der Waals surface area contributed by atoms with Crippen molar-refractivity contribution in [3.05, 3.63) is 76.4 Å². The van der Waals surface area contributed by atoms with Gasteiger partial charge in [-0.05, 0) is 50.0 Å². The Morgan fingerprint density at radius 3 is 2.54 bits per heavy atom. The van der Waals surface area contributed by atoms with Gasteiger partial charge in [0.25, 0.3) is 0 Å². The predicted molar refractivity (Wildman–Crippen MR) is 114 cm³/mol. The Morgan fingerprint density at radius 1 is 1.00 bits per heavy atom. The van der Waals surface area contributed by atoms with Gasteiger partial charge in [0.05, 0.1) is 16.4 Å². The molecule has 0 spiro atoms. The zero-order valence-corrected chi connectivity index (χ0v) is 16.7. The summed E-state index contributed by atoms with van der Waals surface area (Å²) in [5, 5.41) is 9.31. The minimum atomic E-state index is 0.532. The molecule has 0 amide bonds. The minimum Gasteiger partial charge on any atom is -0.369 e. The molecule has 4 nitrogen and oxygen atoms in total. The standard InChI is InChI=1S/C23H25ClN4/c24-20-8-4-5-9-21(20)28-23-19(10-13-25-23)22(26-28)18-11-14-27(15-12-18)16-17-6-2-1-3-7-17/h1-9,18,25H,10-16H2.